The Morgan fingerprint density at radius 1 is 0.944 bits per heavy atom. The number of rotatable bonds is 11. The van der Waals surface area contributed by atoms with Gasteiger partial charge in [-0.1, -0.05) is 42.5 Å². The van der Waals surface area contributed by atoms with E-state index in [4.69, 9.17) is 9.47 Å². The molecule has 8 nitrogen and oxygen atoms in total. The predicted molar refractivity (Wildman–Crippen MR) is 134 cm³/mol. The van der Waals surface area contributed by atoms with Crippen LogP contribution in [0.3, 0.4) is 0 Å². The summed E-state index contributed by atoms with van der Waals surface area (Å²) >= 11 is 0. The second-order valence-electron chi connectivity index (χ2n) is 8.16. The molecule has 4 aromatic rings. The fourth-order valence-electron chi connectivity index (χ4n) is 3.88. The number of para-hydroxylation sites is 1. The molecule has 0 aliphatic rings. The lowest BCUT2D eigenvalue weighted by Gasteiger charge is -2.29. The molecule has 0 bridgehead atoms. The standard InChI is InChI=1S/C28H27N3O5/c1-35-23-13-9-21(10-14-23)27(28(33)34)31(16-15-22-18-29-19-30-22)26(32)17-20-7-11-25(12-8-20)36-24-5-3-2-4-6-24/h2-14,18-19,27H,15-17H2,1H3,(H,29,30)(H,33,34). The summed E-state index contributed by atoms with van der Waals surface area (Å²) in [4.78, 5) is 34.3. The molecule has 8 heteroatoms. The molecule has 1 amide bonds. The summed E-state index contributed by atoms with van der Waals surface area (Å²) in [5, 5.41) is 10.1. The fourth-order valence-corrected chi connectivity index (χ4v) is 3.88. The Morgan fingerprint density at radius 3 is 2.22 bits per heavy atom. The molecule has 0 spiro atoms. The Labute approximate surface area is 209 Å². The van der Waals surface area contributed by atoms with Gasteiger partial charge < -0.3 is 24.5 Å². The summed E-state index contributed by atoms with van der Waals surface area (Å²) in [7, 11) is 1.54. The lowest BCUT2D eigenvalue weighted by Crippen LogP contribution is -2.41. The zero-order valence-corrected chi connectivity index (χ0v) is 19.8. The molecule has 0 aliphatic heterocycles. The number of H-pyrrole nitrogens is 1. The van der Waals surface area contributed by atoms with Crippen molar-refractivity contribution >= 4 is 11.9 Å². The third kappa shape index (κ3) is 6.29. The van der Waals surface area contributed by atoms with Crippen molar-refractivity contribution in [2.45, 2.75) is 18.9 Å². The predicted octanol–water partition coefficient (Wildman–Crippen LogP) is 4.65. The molecular formula is C28H27N3O5. The molecule has 0 saturated heterocycles. The summed E-state index contributed by atoms with van der Waals surface area (Å²) in [5.41, 5.74) is 2.06. The molecule has 1 heterocycles. The van der Waals surface area contributed by atoms with Gasteiger partial charge in [0.2, 0.25) is 5.91 Å². The van der Waals surface area contributed by atoms with Crippen LogP contribution in [0, 0.1) is 0 Å². The molecule has 1 atom stereocenters. The minimum Gasteiger partial charge on any atom is -0.497 e. The Balaban J connectivity index is 1.53. The third-order valence-corrected chi connectivity index (χ3v) is 5.73. The van der Waals surface area contributed by atoms with E-state index in [1.54, 1.807) is 56.0 Å². The molecule has 1 unspecified atom stereocenters. The van der Waals surface area contributed by atoms with Crippen LogP contribution < -0.4 is 9.47 Å². The average Bonchev–Trinajstić information content (AvgIpc) is 3.42. The van der Waals surface area contributed by atoms with E-state index in [2.05, 4.69) is 9.97 Å². The Kier molecular flexibility index (Phi) is 7.97. The van der Waals surface area contributed by atoms with Crippen LogP contribution in [0.5, 0.6) is 17.2 Å². The van der Waals surface area contributed by atoms with Crippen molar-refractivity contribution in [3.8, 4) is 17.2 Å². The second kappa shape index (κ2) is 11.7. The van der Waals surface area contributed by atoms with E-state index in [1.807, 2.05) is 42.5 Å². The van der Waals surface area contributed by atoms with Crippen molar-refractivity contribution in [3.63, 3.8) is 0 Å². The quantitative estimate of drug-likeness (QED) is 0.320. The zero-order chi connectivity index (χ0) is 25.3. The van der Waals surface area contributed by atoms with Crippen LogP contribution in [0.15, 0.2) is 91.4 Å². The second-order valence-corrected chi connectivity index (χ2v) is 8.16. The highest BCUT2D eigenvalue weighted by Gasteiger charge is 2.31. The van der Waals surface area contributed by atoms with E-state index in [1.165, 1.54) is 4.90 Å². The number of hydrogen-bond donors (Lipinski definition) is 2. The number of imidazole rings is 1. The van der Waals surface area contributed by atoms with Crippen LogP contribution in [-0.4, -0.2) is 45.5 Å². The van der Waals surface area contributed by atoms with Crippen LogP contribution in [0.2, 0.25) is 0 Å². The number of nitrogens with one attached hydrogen (secondary N) is 1. The highest BCUT2D eigenvalue weighted by Crippen LogP contribution is 2.26. The van der Waals surface area contributed by atoms with E-state index in [-0.39, 0.29) is 18.9 Å². The molecule has 0 saturated carbocycles. The van der Waals surface area contributed by atoms with Crippen molar-refractivity contribution in [2.24, 2.45) is 0 Å². The van der Waals surface area contributed by atoms with E-state index in [0.717, 1.165) is 17.0 Å². The van der Waals surface area contributed by atoms with Gasteiger partial charge in [-0.25, -0.2) is 9.78 Å². The summed E-state index contributed by atoms with van der Waals surface area (Å²) < 4.78 is 11.0. The summed E-state index contributed by atoms with van der Waals surface area (Å²) in [6.07, 6.45) is 3.71. The van der Waals surface area contributed by atoms with E-state index >= 15 is 0 Å². The van der Waals surface area contributed by atoms with E-state index in [9.17, 15) is 14.7 Å². The van der Waals surface area contributed by atoms with Gasteiger partial charge >= 0.3 is 5.97 Å². The number of amides is 1. The maximum absolute atomic E-state index is 13.5. The Bertz CT molecular complexity index is 1260. The smallest absolute Gasteiger partial charge is 0.331 e. The SMILES string of the molecule is COc1ccc(C(C(=O)O)N(CCc2cnc[nH]2)C(=O)Cc2ccc(Oc3ccccc3)cc2)cc1. The number of carbonyl (C=O) groups is 2. The normalized spacial score (nSPS) is 11.5. The van der Waals surface area contributed by atoms with Gasteiger partial charge in [0, 0.05) is 24.9 Å². The molecule has 0 fully saturated rings. The van der Waals surface area contributed by atoms with Gasteiger partial charge in [0.05, 0.1) is 19.9 Å². The number of carboxylic acids is 1. The first-order valence-corrected chi connectivity index (χ1v) is 11.5. The van der Waals surface area contributed by atoms with Crippen molar-refractivity contribution in [1.82, 2.24) is 14.9 Å². The van der Waals surface area contributed by atoms with Gasteiger partial charge in [-0.05, 0) is 47.5 Å². The topological polar surface area (TPSA) is 105 Å². The van der Waals surface area contributed by atoms with Crippen molar-refractivity contribution in [3.05, 3.63) is 108 Å². The molecule has 4 rings (SSSR count). The van der Waals surface area contributed by atoms with Crippen LogP contribution in [0.25, 0.3) is 0 Å². The highest BCUT2D eigenvalue weighted by atomic mass is 16.5. The van der Waals surface area contributed by atoms with Crippen LogP contribution in [-0.2, 0) is 22.4 Å². The maximum atomic E-state index is 13.5. The number of nitrogens with zero attached hydrogens (tertiary/aromatic N) is 2. The van der Waals surface area contributed by atoms with Crippen molar-refractivity contribution in [2.75, 3.05) is 13.7 Å². The van der Waals surface area contributed by atoms with Crippen LogP contribution >= 0.6 is 0 Å². The number of ether oxygens (including phenoxy) is 2. The van der Waals surface area contributed by atoms with Crippen molar-refractivity contribution in [1.29, 1.82) is 0 Å². The summed E-state index contributed by atoms with van der Waals surface area (Å²) in [5.74, 6) is 0.570. The number of carbonyl (C=O) groups excluding carboxylic acids is 1. The fraction of sp³-hybridized carbons (Fsp3) is 0.179. The molecule has 0 aliphatic carbocycles. The van der Waals surface area contributed by atoms with Crippen LogP contribution in [0.4, 0.5) is 0 Å². The number of methoxy groups -OCH3 is 1. The van der Waals surface area contributed by atoms with E-state index in [0.29, 0.717) is 23.5 Å². The molecule has 1 aromatic heterocycles. The van der Waals surface area contributed by atoms with Gasteiger partial charge in [-0.2, -0.15) is 0 Å². The number of aliphatic carboxylic acids is 1. The average molecular weight is 486 g/mol. The van der Waals surface area contributed by atoms with Crippen LogP contribution in [0.1, 0.15) is 22.9 Å². The van der Waals surface area contributed by atoms with Gasteiger partial charge in [-0.15, -0.1) is 0 Å². The molecule has 36 heavy (non-hydrogen) atoms. The van der Waals surface area contributed by atoms with Gasteiger partial charge in [0.25, 0.3) is 0 Å². The molecule has 184 valence electrons. The minimum atomic E-state index is -1.15. The van der Waals surface area contributed by atoms with Gasteiger partial charge in [0.1, 0.15) is 17.2 Å². The number of aromatic nitrogens is 2. The lowest BCUT2D eigenvalue weighted by atomic mass is 10.0. The van der Waals surface area contributed by atoms with Gasteiger partial charge in [-0.3, -0.25) is 4.79 Å². The summed E-state index contributed by atoms with van der Waals surface area (Å²) in [6, 6.07) is 22.2. The number of benzene rings is 3. The maximum Gasteiger partial charge on any atom is 0.331 e. The Morgan fingerprint density at radius 2 is 1.61 bits per heavy atom. The monoisotopic (exact) mass is 485 g/mol. The number of carboxylic acid groups (broad SMARTS) is 1. The first kappa shape index (κ1) is 24.5. The molecular weight excluding hydrogens is 458 g/mol. The first-order valence-electron chi connectivity index (χ1n) is 11.5. The van der Waals surface area contributed by atoms with E-state index < -0.39 is 12.0 Å². The molecule has 3 aromatic carbocycles. The molecule has 0 radical (unpaired) electrons. The zero-order valence-electron chi connectivity index (χ0n) is 19.8. The number of hydrogen-bond acceptors (Lipinski definition) is 5. The first-order chi connectivity index (χ1) is 17.5. The van der Waals surface area contributed by atoms with Gasteiger partial charge in [0.15, 0.2) is 6.04 Å². The highest BCUT2D eigenvalue weighted by molar-refractivity contribution is 5.86. The minimum absolute atomic E-state index is 0.0501. The molecule has 2 N–H and O–H groups in total. The van der Waals surface area contributed by atoms with Crippen molar-refractivity contribution < 1.29 is 24.2 Å². The number of aromatic amines is 1. The Hall–Kier alpha value is -4.59. The lowest BCUT2D eigenvalue weighted by molar-refractivity contribution is -0.150. The largest absolute Gasteiger partial charge is 0.497 e. The third-order valence-electron chi connectivity index (χ3n) is 5.73. The summed E-state index contributed by atoms with van der Waals surface area (Å²) in [6.45, 7) is 0.208.